The first kappa shape index (κ1) is 11.2. The lowest BCUT2D eigenvalue weighted by molar-refractivity contribution is -0.116. The largest absolute Gasteiger partial charge is 0.361 e. The topological polar surface area (TPSA) is 58.1 Å². The molecule has 0 atom stereocenters. The van der Waals surface area contributed by atoms with Crippen molar-refractivity contribution >= 4 is 11.7 Å². The van der Waals surface area contributed by atoms with Gasteiger partial charge in [-0.1, -0.05) is 6.58 Å². The Hall–Kier alpha value is -1.91. The van der Waals surface area contributed by atoms with E-state index in [1.54, 1.807) is 12.4 Å². The molecule has 1 N–H and O–H groups in total. The maximum absolute atomic E-state index is 10.9. The van der Waals surface area contributed by atoms with Gasteiger partial charge in [-0.15, -0.1) is 0 Å². The molecule has 1 heterocycles. The van der Waals surface area contributed by atoms with Gasteiger partial charge in [-0.3, -0.25) is 9.78 Å². The SMILES string of the molecule is C=CC(=O)NCc1cnc(N(C)C)cn1. The van der Waals surface area contributed by atoms with E-state index >= 15 is 0 Å². The third-order valence-electron chi connectivity index (χ3n) is 1.78. The molecule has 5 nitrogen and oxygen atoms in total. The zero-order valence-corrected chi connectivity index (χ0v) is 8.90. The Bertz CT molecular complexity index is 345. The predicted molar refractivity (Wildman–Crippen MR) is 58.4 cm³/mol. The van der Waals surface area contributed by atoms with Crippen LogP contribution in [0.1, 0.15) is 5.69 Å². The Labute approximate surface area is 88.8 Å². The van der Waals surface area contributed by atoms with Crippen molar-refractivity contribution in [1.29, 1.82) is 0 Å². The van der Waals surface area contributed by atoms with Gasteiger partial charge in [0.1, 0.15) is 5.82 Å². The molecule has 1 aromatic rings. The fraction of sp³-hybridized carbons (Fsp3) is 0.300. The Morgan fingerprint density at radius 1 is 1.53 bits per heavy atom. The van der Waals surface area contributed by atoms with E-state index in [-0.39, 0.29) is 5.91 Å². The molecule has 0 aliphatic rings. The predicted octanol–water partition coefficient (Wildman–Crippen LogP) is 0.345. The van der Waals surface area contributed by atoms with E-state index in [0.717, 1.165) is 11.5 Å². The molecule has 1 amide bonds. The highest BCUT2D eigenvalue weighted by Gasteiger charge is 2.00. The van der Waals surface area contributed by atoms with Crippen molar-refractivity contribution in [2.45, 2.75) is 6.54 Å². The summed E-state index contributed by atoms with van der Waals surface area (Å²) in [6.45, 7) is 3.72. The molecule has 0 fully saturated rings. The van der Waals surface area contributed by atoms with Gasteiger partial charge >= 0.3 is 0 Å². The molecule has 5 heteroatoms. The van der Waals surface area contributed by atoms with E-state index < -0.39 is 0 Å². The van der Waals surface area contributed by atoms with Crippen LogP contribution in [0.15, 0.2) is 25.0 Å². The van der Waals surface area contributed by atoms with E-state index in [9.17, 15) is 4.79 Å². The van der Waals surface area contributed by atoms with Gasteiger partial charge in [-0.25, -0.2) is 4.98 Å². The Balaban J connectivity index is 2.57. The second kappa shape index (κ2) is 5.09. The first-order chi connectivity index (χ1) is 7.13. The summed E-state index contributed by atoms with van der Waals surface area (Å²) in [7, 11) is 3.78. The molecule has 0 aromatic carbocycles. The average molecular weight is 206 g/mol. The van der Waals surface area contributed by atoms with E-state index in [1.807, 2.05) is 19.0 Å². The maximum Gasteiger partial charge on any atom is 0.243 e. The lowest BCUT2D eigenvalue weighted by atomic mass is 10.4. The number of carbonyl (C=O) groups excluding carboxylic acids is 1. The summed E-state index contributed by atoms with van der Waals surface area (Å²) >= 11 is 0. The summed E-state index contributed by atoms with van der Waals surface area (Å²) in [5.41, 5.74) is 0.718. The number of anilines is 1. The second-order valence-electron chi connectivity index (χ2n) is 3.18. The number of hydrogen-bond donors (Lipinski definition) is 1. The normalized spacial score (nSPS) is 9.47. The van der Waals surface area contributed by atoms with Crippen molar-refractivity contribution in [3.8, 4) is 0 Å². The third-order valence-corrected chi connectivity index (χ3v) is 1.78. The lowest BCUT2D eigenvalue weighted by Crippen LogP contribution is -2.21. The van der Waals surface area contributed by atoms with Crippen LogP contribution in [0.4, 0.5) is 5.82 Å². The zero-order chi connectivity index (χ0) is 11.3. The number of hydrogen-bond acceptors (Lipinski definition) is 4. The van der Waals surface area contributed by atoms with Crippen LogP contribution in [0.25, 0.3) is 0 Å². The van der Waals surface area contributed by atoms with Crippen molar-refractivity contribution in [2.24, 2.45) is 0 Å². The smallest absolute Gasteiger partial charge is 0.243 e. The summed E-state index contributed by atoms with van der Waals surface area (Å²) in [5, 5.41) is 2.62. The van der Waals surface area contributed by atoms with Gasteiger partial charge in [0.05, 0.1) is 24.6 Å². The van der Waals surface area contributed by atoms with E-state index in [0.29, 0.717) is 6.54 Å². The van der Waals surface area contributed by atoms with Crippen molar-refractivity contribution in [2.75, 3.05) is 19.0 Å². The molecule has 0 radical (unpaired) electrons. The van der Waals surface area contributed by atoms with Gasteiger partial charge in [-0.2, -0.15) is 0 Å². The first-order valence-corrected chi connectivity index (χ1v) is 4.52. The molecule has 0 bridgehead atoms. The molecule has 0 saturated carbocycles. The molecule has 0 aliphatic heterocycles. The van der Waals surface area contributed by atoms with Crippen LogP contribution < -0.4 is 10.2 Å². The summed E-state index contributed by atoms with van der Waals surface area (Å²) in [6, 6.07) is 0. The Kier molecular flexibility index (Phi) is 3.79. The number of nitrogens with zero attached hydrogens (tertiary/aromatic N) is 3. The van der Waals surface area contributed by atoms with Crippen LogP contribution in [-0.2, 0) is 11.3 Å². The quantitative estimate of drug-likeness (QED) is 0.722. The minimum Gasteiger partial charge on any atom is -0.361 e. The summed E-state index contributed by atoms with van der Waals surface area (Å²) in [4.78, 5) is 21.1. The molecule has 15 heavy (non-hydrogen) atoms. The van der Waals surface area contributed by atoms with E-state index in [4.69, 9.17) is 0 Å². The fourth-order valence-corrected chi connectivity index (χ4v) is 0.920. The van der Waals surface area contributed by atoms with E-state index in [2.05, 4.69) is 21.9 Å². The molecule has 0 saturated heterocycles. The van der Waals surface area contributed by atoms with Gasteiger partial charge in [0.2, 0.25) is 5.91 Å². The lowest BCUT2D eigenvalue weighted by Gasteiger charge is -2.10. The number of rotatable bonds is 4. The maximum atomic E-state index is 10.9. The van der Waals surface area contributed by atoms with Crippen LogP contribution in [0.2, 0.25) is 0 Å². The van der Waals surface area contributed by atoms with Crippen LogP contribution in [0.5, 0.6) is 0 Å². The highest BCUT2D eigenvalue weighted by Crippen LogP contribution is 2.03. The number of aromatic nitrogens is 2. The Morgan fingerprint density at radius 3 is 2.73 bits per heavy atom. The monoisotopic (exact) mass is 206 g/mol. The molecule has 80 valence electrons. The number of nitrogens with one attached hydrogen (secondary N) is 1. The molecule has 0 unspecified atom stereocenters. The van der Waals surface area contributed by atoms with Crippen LogP contribution in [0, 0.1) is 0 Å². The van der Waals surface area contributed by atoms with Crippen LogP contribution in [-0.4, -0.2) is 30.0 Å². The van der Waals surface area contributed by atoms with Gasteiger partial charge in [0.15, 0.2) is 0 Å². The average Bonchev–Trinajstić information content (AvgIpc) is 2.26. The molecule has 1 aromatic heterocycles. The molecule has 0 spiro atoms. The number of amides is 1. The fourth-order valence-electron chi connectivity index (χ4n) is 0.920. The third kappa shape index (κ3) is 3.38. The minimum atomic E-state index is -0.214. The van der Waals surface area contributed by atoms with Crippen LogP contribution >= 0.6 is 0 Å². The van der Waals surface area contributed by atoms with Gasteiger partial charge < -0.3 is 10.2 Å². The highest BCUT2D eigenvalue weighted by molar-refractivity contribution is 5.86. The van der Waals surface area contributed by atoms with Crippen LogP contribution in [0.3, 0.4) is 0 Å². The molecular weight excluding hydrogens is 192 g/mol. The van der Waals surface area contributed by atoms with Gasteiger partial charge in [0, 0.05) is 14.1 Å². The standard InChI is InChI=1S/C10H14N4O/c1-4-10(15)13-6-8-5-12-9(7-11-8)14(2)3/h4-5,7H,1,6H2,2-3H3,(H,13,15). The highest BCUT2D eigenvalue weighted by atomic mass is 16.1. The molecule has 0 aliphatic carbocycles. The van der Waals surface area contributed by atoms with Crippen molar-refractivity contribution < 1.29 is 4.79 Å². The van der Waals surface area contributed by atoms with Crippen molar-refractivity contribution in [1.82, 2.24) is 15.3 Å². The van der Waals surface area contributed by atoms with E-state index in [1.165, 1.54) is 6.08 Å². The van der Waals surface area contributed by atoms with Crippen molar-refractivity contribution in [3.05, 3.63) is 30.7 Å². The summed E-state index contributed by atoms with van der Waals surface area (Å²) in [5.74, 6) is 0.572. The minimum absolute atomic E-state index is 0.214. The Morgan fingerprint density at radius 2 is 2.27 bits per heavy atom. The van der Waals surface area contributed by atoms with Gasteiger partial charge in [-0.05, 0) is 6.08 Å². The molecular formula is C10H14N4O. The summed E-state index contributed by atoms with van der Waals surface area (Å²) in [6.07, 6.45) is 4.52. The van der Waals surface area contributed by atoms with Gasteiger partial charge in [0.25, 0.3) is 0 Å². The van der Waals surface area contributed by atoms with Crippen molar-refractivity contribution in [3.63, 3.8) is 0 Å². The number of carbonyl (C=O) groups is 1. The summed E-state index contributed by atoms with van der Waals surface area (Å²) < 4.78 is 0. The molecule has 1 rings (SSSR count). The zero-order valence-electron chi connectivity index (χ0n) is 8.90. The first-order valence-electron chi connectivity index (χ1n) is 4.52. The second-order valence-corrected chi connectivity index (χ2v) is 3.18.